The predicted octanol–water partition coefficient (Wildman–Crippen LogP) is 5.92. The van der Waals surface area contributed by atoms with Crippen molar-refractivity contribution in [2.24, 2.45) is 4.99 Å². The Balaban J connectivity index is 1.74. The summed E-state index contributed by atoms with van der Waals surface area (Å²) < 4.78 is 0. The van der Waals surface area contributed by atoms with Crippen LogP contribution in [0.1, 0.15) is 29.4 Å². The van der Waals surface area contributed by atoms with Crippen LogP contribution in [0.3, 0.4) is 0 Å². The van der Waals surface area contributed by atoms with Crippen LogP contribution in [-0.2, 0) is 6.54 Å². The molecule has 0 unspecified atom stereocenters. The highest BCUT2D eigenvalue weighted by Crippen LogP contribution is 2.35. The van der Waals surface area contributed by atoms with Crippen molar-refractivity contribution >= 4 is 17.1 Å². The SMILES string of the molecule is C=C(NCc1ccccn1)c1c(N=C(C)c2ccc(C#N)nc2)cccc1-c1ccccc1. The van der Waals surface area contributed by atoms with E-state index in [-0.39, 0.29) is 0 Å². The molecule has 33 heavy (non-hydrogen) atoms. The number of benzene rings is 2. The second-order valence-corrected chi connectivity index (χ2v) is 7.46. The van der Waals surface area contributed by atoms with E-state index in [0.717, 1.165) is 45.0 Å². The van der Waals surface area contributed by atoms with Crippen molar-refractivity contribution in [2.45, 2.75) is 13.5 Å². The molecule has 5 nitrogen and oxygen atoms in total. The van der Waals surface area contributed by atoms with Gasteiger partial charge in [0, 0.05) is 34.9 Å². The van der Waals surface area contributed by atoms with Gasteiger partial charge in [0.2, 0.25) is 0 Å². The fourth-order valence-corrected chi connectivity index (χ4v) is 3.52. The third kappa shape index (κ3) is 5.20. The van der Waals surface area contributed by atoms with Crippen LogP contribution in [0.5, 0.6) is 0 Å². The van der Waals surface area contributed by atoms with Crippen LogP contribution in [0, 0.1) is 11.3 Å². The Hall–Kier alpha value is -4.56. The number of rotatable bonds is 7. The number of nitrogens with zero attached hydrogens (tertiary/aromatic N) is 4. The molecule has 0 atom stereocenters. The first-order valence-corrected chi connectivity index (χ1v) is 10.6. The third-order valence-electron chi connectivity index (χ3n) is 5.22. The molecule has 0 aliphatic heterocycles. The lowest BCUT2D eigenvalue weighted by Crippen LogP contribution is -2.13. The van der Waals surface area contributed by atoms with E-state index in [1.54, 1.807) is 18.5 Å². The highest BCUT2D eigenvalue weighted by molar-refractivity contribution is 6.01. The maximum absolute atomic E-state index is 9.01. The molecule has 0 saturated carbocycles. The Morgan fingerprint density at radius 3 is 2.48 bits per heavy atom. The van der Waals surface area contributed by atoms with Crippen molar-refractivity contribution in [1.82, 2.24) is 15.3 Å². The summed E-state index contributed by atoms with van der Waals surface area (Å²) in [4.78, 5) is 13.5. The average Bonchev–Trinajstić information content (AvgIpc) is 2.88. The molecule has 0 bridgehead atoms. The molecule has 0 saturated heterocycles. The molecule has 0 radical (unpaired) electrons. The lowest BCUT2D eigenvalue weighted by molar-refractivity contribution is 0.855. The Morgan fingerprint density at radius 2 is 1.79 bits per heavy atom. The molecule has 4 aromatic rings. The van der Waals surface area contributed by atoms with Crippen LogP contribution in [0.4, 0.5) is 5.69 Å². The lowest BCUT2D eigenvalue weighted by Gasteiger charge is -2.17. The van der Waals surface area contributed by atoms with E-state index < -0.39 is 0 Å². The summed E-state index contributed by atoms with van der Waals surface area (Å²) in [7, 11) is 0. The second-order valence-electron chi connectivity index (χ2n) is 7.46. The Morgan fingerprint density at radius 1 is 0.970 bits per heavy atom. The quantitative estimate of drug-likeness (QED) is 0.370. The van der Waals surface area contributed by atoms with Crippen LogP contribution in [0.15, 0.2) is 103 Å². The number of hydrogen-bond acceptors (Lipinski definition) is 5. The van der Waals surface area contributed by atoms with Gasteiger partial charge in [-0.2, -0.15) is 5.26 Å². The minimum atomic E-state index is 0.380. The van der Waals surface area contributed by atoms with Gasteiger partial charge in [0.25, 0.3) is 0 Å². The molecule has 4 rings (SSSR count). The first kappa shape index (κ1) is 21.7. The molecular weight excluding hydrogens is 406 g/mol. The van der Waals surface area contributed by atoms with Crippen molar-refractivity contribution < 1.29 is 0 Å². The summed E-state index contributed by atoms with van der Waals surface area (Å²) in [6.07, 6.45) is 3.45. The van der Waals surface area contributed by atoms with E-state index in [1.807, 2.05) is 67.6 Å². The lowest BCUT2D eigenvalue weighted by atomic mass is 9.96. The summed E-state index contributed by atoms with van der Waals surface area (Å²) in [6.45, 7) is 6.83. The maximum atomic E-state index is 9.01. The van der Waals surface area contributed by atoms with E-state index in [9.17, 15) is 0 Å². The molecule has 2 aromatic heterocycles. The summed E-state index contributed by atoms with van der Waals surface area (Å²) in [5.41, 5.74) is 7.60. The van der Waals surface area contributed by atoms with Gasteiger partial charge in [-0.05, 0) is 48.4 Å². The summed E-state index contributed by atoms with van der Waals surface area (Å²) >= 11 is 0. The van der Waals surface area contributed by atoms with Crippen molar-refractivity contribution in [1.29, 1.82) is 5.26 Å². The Bertz CT molecular complexity index is 1320. The molecule has 0 aliphatic rings. The molecule has 0 spiro atoms. The zero-order chi connectivity index (χ0) is 23.0. The van der Waals surface area contributed by atoms with Gasteiger partial charge >= 0.3 is 0 Å². The largest absolute Gasteiger partial charge is 0.379 e. The fraction of sp³-hybridized carbons (Fsp3) is 0.0714. The van der Waals surface area contributed by atoms with Crippen LogP contribution < -0.4 is 5.32 Å². The minimum Gasteiger partial charge on any atom is -0.379 e. The first-order valence-electron chi connectivity index (χ1n) is 10.6. The molecule has 1 N–H and O–H groups in total. The van der Waals surface area contributed by atoms with Gasteiger partial charge in [0.15, 0.2) is 0 Å². The fourth-order valence-electron chi connectivity index (χ4n) is 3.52. The van der Waals surface area contributed by atoms with E-state index in [0.29, 0.717) is 12.2 Å². The van der Waals surface area contributed by atoms with Gasteiger partial charge in [0.1, 0.15) is 11.8 Å². The highest BCUT2D eigenvalue weighted by atomic mass is 14.9. The molecule has 0 fully saturated rings. The van der Waals surface area contributed by atoms with Crippen molar-refractivity contribution in [3.8, 4) is 17.2 Å². The maximum Gasteiger partial charge on any atom is 0.140 e. The monoisotopic (exact) mass is 429 g/mol. The van der Waals surface area contributed by atoms with E-state index >= 15 is 0 Å². The van der Waals surface area contributed by atoms with E-state index in [4.69, 9.17) is 10.3 Å². The Labute approximate surface area is 193 Å². The number of aromatic nitrogens is 2. The molecular formula is C28H23N5. The molecule has 2 aromatic carbocycles. The topological polar surface area (TPSA) is 74.0 Å². The van der Waals surface area contributed by atoms with Gasteiger partial charge in [-0.25, -0.2) is 4.98 Å². The third-order valence-corrected chi connectivity index (χ3v) is 5.22. The van der Waals surface area contributed by atoms with Gasteiger partial charge < -0.3 is 5.32 Å². The molecule has 5 heteroatoms. The summed E-state index contributed by atoms with van der Waals surface area (Å²) in [5.74, 6) is 0. The van der Waals surface area contributed by atoms with Crippen molar-refractivity contribution in [2.75, 3.05) is 0 Å². The standard InChI is InChI=1S/C28H23N5/c1-20(23-14-15-24(17-29)32-18-23)33-27-13-8-12-26(22-9-4-3-5-10-22)28(27)21(2)31-19-25-11-6-7-16-30-25/h3-16,18,31H,2,19H2,1H3. The minimum absolute atomic E-state index is 0.380. The molecule has 2 heterocycles. The normalized spacial score (nSPS) is 11.0. The Kier molecular flexibility index (Phi) is 6.67. The van der Waals surface area contributed by atoms with E-state index in [2.05, 4.69) is 40.1 Å². The summed E-state index contributed by atoms with van der Waals surface area (Å²) in [6, 6.07) is 27.7. The first-order chi connectivity index (χ1) is 16.2. The molecule has 0 amide bonds. The average molecular weight is 430 g/mol. The highest BCUT2D eigenvalue weighted by Gasteiger charge is 2.14. The number of nitriles is 1. The van der Waals surface area contributed by atoms with Crippen LogP contribution >= 0.6 is 0 Å². The number of pyridine rings is 2. The zero-order valence-electron chi connectivity index (χ0n) is 18.4. The number of aliphatic imine (C=N–C) groups is 1. The van der Waals surface area contributed by atoms with Gasteiger partial charge in [-0.1, -0.05) is 55.1 Å². The smallest absolute Gasteiger partial charge is 0.140 e. The van der Waals surface area contributed by atoms with Crippen molar-refractivity contribution in [3.63, 3.8) is 0 Å². The van der Waals surface area contributed by atoms with Gasteiger partial charge in [0.05, 0.1) is 17.9 Å². The molecule has 0 aliphatic carbocycles. The van der Waals surface area contributed by atoms with E-state index in [1.165, 1.54) is 0 Å². The number of nitrogens with one attached hydrogen (secondary N) is 1. The van der Waals surface area contributed by atoms with Crippen LogP contribution in [-0.4, -0.2) is 15.7 Å². The summed E-state index contributed by atoms with van der Waals surface area (Å²) in [5, 5.41) is 12.4. The van der Waals surface area contributed by atoms with Crippen LogP contribution in [0.25, 0.3) is 16.8 Å². The predicted molar refractivity (Wildman–Crippen MR) is 133 cm³/mol. The van der Waals surface area contributed by atoms with Gasteiger partial charge in [-0.3, -0.25) is 9.98 Å². The van der Waals surface area contributed by atoms with Crippen molar-refractivity contribution in [3.05, 3.63) is 120 Å². The van der Waals surface area contributed by atoms with Crippen LogP contribution in [0.2, 0.25) is 0 Å². The second kappa shape index (κ2) is 10.2. The zero-order valence-corrected chi connectivity index (χ0v) is 18.4. The number of hydrogen-bond donors (Lipinski definition) is 1. The molecule has 160 valence electrons. The van der Waals surface area contributed by atoms with Gasteiger partial charge in [-0.15, -0.1) is 0 Å².